The highest BCUT2D eigenvalue weighted by Crippen LogP contribution is 2.68. The lowest BCUT2D eigenvalue weighted by molar-refractivity contribution is -0.0617. The van der Waals surface area contributed by atoms with Crippen molar-refractivity contribution < 1.29 is 47.2 Å². The number of aromatic nitrogens is 7. The van der Waals surface area contributed by atoms with E-state index in [1.54, 1.807) is 12.3 Å². The monoisotopic (exact) mass is 720 g/mol. The van der Waals surface area contributed by atoms with Crippen molar-refractivity contribution in [3.63, 3.8) is 0 Å². The number of anilines is 2. The number of imidazole rings is 1. The molecule has 0 radical (unpaired) electrons. The Bertz CT molecular complexity index is 1900. The van der Waals surface area contributed by atoms with Gasteiger partial charge in [0.15, 0.2) is 29.7 Å². The first kappa shape index (κ1) is 32.2. The van der Waals surface area contributed by atoms with E-state index in [0.717, 1.165) is 0 Å². The number of thiol groups is 1. The fraction of sp³-hybridized carbons (Fsp3) is 0.500. The van der Waals surface area contributed by atoms with Crippen molar-refractivity contribution in [1.82, 2.24) is 34.1 Å². The molecule has 3 aliphatic rings. The second-order valence-electron chi connectivity index (χ2n) is 10.5. The van der Waals surface area contributed by atoms with E-state index in [0.29, 0.717) is 11.0 Å². The molecular weight excluding hydrogens is 692 g/mol. The van der Waals surface area contributed by atoms with Crippen LogP contribution in [-0.2, 0) is 43.9 Å². The predicted molar refractivity (Wildman–Crippen MR) is 165 cm³/mol. The molecule has 4 aromatic rings. The van der Waals surface area contributed by atoms with Crippen LogP contribution in [0.3, 0.4) is 0 Å². The Morgan fingerprint density at radius 2 is 1.89 bits per heavy atom. The molecule has 248 valence electrons. The van der Waals surface area contributed by atoms with Crippen LogP contribution in [0.15, 0.2) is 29.7 Å². The lowest BCUT2D eigenvalue weighted by Crippen LogP contribution is -2.36. The van der Waals surface area contributed by atoms with E-state index in [2.05, 4.69) is 37.2 Å². The molecule has 8 N–H and O–H groups in total. The highest BCUT2D eigenvalue weighted by atomic mass is 32.7. The molecule has 0 spiro atoms. The minimum absolute atomic E-state index is 0.0403. The Morgan fingerprint density at radius 1 is 1.11 bits per heavy atom. The van der Waals surface area contributed by atoms with Gasteiger partial charge in [-0.3, -0.25) is 18.9 Å². The number of H-pyrrole nitrogens is 1. The minimum Gasteiger partial charge on any atom is -0.387 e. The summed E-state index contributed by atoms with van der Waals surface area (Å²) >= 11 is 9.84. The molecule has 10 unspecified atom stereocenters. The second kappa shape index (κ2) is 11.9. The first-order valence-electron chi connectivity index (χ1n) is 13.5. The number of nitrogens with one attached hydrogen (secondary N) is 1. The van der Waals surface area contributed by atoms with E-state index in [-0.39, 0.29) is 29.5 Å². The van der Waals surface area contributed by atoms with E-state index in [1.165, 1.54) is 28.9 Å². The van der Waals surface area contributed by atoms with Crippen LogP contribution in [0.1, 0.15) is 12.5 Å². The van der Waals surface area contributed by atoms with Crippen LogP contribution in [0.2, 0.25) is 0 Å². The summed E-state index contributed by atoms with van der Waals surface area (Å²) in [5.41, 5.74) is 11.5. The molecule has 2 bridgehead atoms. The number of hydrogen-bond donors (Lipinski definition) is 7. The summed E-state index contributed by atoms with van der Waals surface area (Å²) in [5, 5.41) is 23.2. The Hall–Kier alpha value is -2.40. The maximum atomic E-state index is 12.4. The highest BCUT2D eigenvalue weighted by molar-refractivity contribution is 8.47. The molecule has 3 saturated heterocycles. The molecule has 3 fully saturated rings. The number of aliphatic hydroxyl groups is 2. The molecular formula is C22H28N9O11P2S2+. The molecule has 4 aromatic heterocycles. The van der Waals surface area contributed by atoms with Crippen LogP contribution in [0, 0.1) is 0 Å². The van der Waals surface area contributed by atoms with Crippen molar-refractivity contribution in [3.8, 4) is 0 Å². The van der Waals surface area contributed by atoms with E-state index in [1.807, 2.05) is 0 Å². The summed E-state index contributed by atoms with van der Waals surface area (Å²) in [4.78, 5) is 42.3. The zero-order chi connectivity index (χ0) is 32.5. The predicted octanol–water partition coefficient (Wildman–Crippen LogP) is -0.467. The normalized spacial score (nSPS) is 37.2. The van der Waals surface area contributed by atoms with Crippen molar-refractivity contribution in [2.45, 2.75) is 49.1 Å². The molecule has 3 aliphatic heterocycles. The minimum atomic E-state index is -4.13. The quantitative estimate of drug-likeness (QED) is 0.104. The third kappa shape index (κ3) is 5.61. The van der Waals surface area contributed by atoms with Crippen LogP contribution in [0.4, 0.5) is 11.8 Å². The summed E-state index contributed by atoms with van der Waals surface area (Å²) < 4.78 is 44.3. The van der Waals surface area contributed by atoms with Gasteiger partial charge in [0.2, 0.25) is 5.95 Å². The number of fused-ring (bicyclic) bond motifs is 5. The van der Waals surface area contributed by atoms with Crippen LogP contribution < -0.4 is 17.0 Å². The average molecular weight is 721 g/mol. The first-order chi connectivity index (χ1) is 21.9. The summed E-state index contributed by atoms with van der Waals surface area (Å²) in [5.74, 6) is 0.0497. The van der Waals surface area contributed by atoms with Gasteiger partial charge < -0.3 is 45.1 Å². The number of aromatic amines is 1. The van der Waals surface area contributed by atoms with Crippen LogP contribution >= 0.6 is 26.1 Å². The number of nitrogen functional groups attached to an aromatic ring is 2. The number of ether oxygens (including phenoxy) is 2. The molecule has 24 heteroatoms. The molecule has 20 nitrogen and oxygen atoms in total. The van der Waals surface area contributed by atoms with Crippen molar-refractivity contribution in [1.29, 1.82) is 0 Å². The maximum Gasteiger partial charge on any atom is 0.478 e. The van der Waals surface area contributed by atoms with Crippen molar-refractivity contribution in [3.05, 3.63) is 35.3 Å². The van der Waals surface area contributed by atoms with Crippen LogP contribution in [0.25, 0.3) is 22.2 Å². The lowest BCUT2D eigenvalue weighted by Gasteiger charge is -2.27. The Morgan fingerprint density at radius 3 is 2.67 bits per heavy atom. The number of hydrogen-bond acceptors (Lipinski definition) is 18. The molecule has 10 atom stereocenters. The topological polar surface area (TPSA) is 272 Å². The third-order valence-electron chi connectivity index (χ3n) is 7.71. The highest BCUT2D eigenvalue weighted by Gasteiger charge is 2.57. The third-order valence-corrected chi connectivity index (χ3v) is 11.8. The van der Waals surface area contributed by atoms with Gasteiger partial charge in [-0.1, -0.05) is 0 Å². The molecule has 0 saturated carbocycles. The van der Waals surface area contributed by atoms with Gasteiger partial charge in [0.1, 0.15) is 54.9 Å². The second-order valence-corrected chi connectivity index (χ2v) is 16.5. The fourth-order valence-electron chi connectivity index (χ4n) is 5.53. The number of nitrogens with two attached hydrogens (primary N) is 2. The fourth-order valence-corrected chi connectivity index (χ4v) is 8.63. The zero-order valence-electron chi connectivity index (χ0n) is 23.5. The van der Waals surface area contributed by atoms with Gasteiger partial charge in [0.25, 0.3) is 5.56 Å². The SMILES string of the molecule is CO[P+]1(S)OCC2OC(n3ccc4c(N)ncnc43)C(O)C2OP(O)(=S)OCC2OC(n3cnc4c(=O)[nH]c(N)nc43)C(O1)C2O. The van der Waals surface area contributed by atoms with Crippen molar-refractivity contribution >= 4 is 71.9 Å². The summed E-state index contributed by atoms with van der Waals surface area (Å²) in [6.45, 7) is -4.96. The Labute approximate surface area is 268 Å². The van der Waals surface area contributed by atoms with Gasteiger partial charge in [0, 0.05) is 6.20 Å². The molecule has 7 heterocycles. The first-order valence-corrected chi connectivity index (χ1v) is 18.8. The van der Waals surface area contributed by atoms with Crippen molar-refractivity contribution in [2.24, 2.45) is 0 Å². The summed E-state index contributed by atoms with van der Waals surface area (Å²) in [7, 11) is -2.33. The number of aliphatic hydroxyl groups excluding tert-OH is 2. The summed E-state index contributed by atoms with van der Waals surface area (Å²) in [6, 6.07) is 1.66. The van der Waals surface area contributed by atoms with E-state index >= 15 is 0 Å². The molecule has 0 amide bonds. The zero-order valence-corrected chi connectivity index (χ0v) is 27.0. The molecule has 0 aromatic carbocycles. The maximum absolute atomic E-state index is 12.4. The molecule has 7 rings (SSSR count). The number of rotatable bonds is 3. The standard InChI is InChI=1S/C22H27N9O11P2S2/c1-36-44(46)38-5-10-14(13(33)20(40-10)30-3-2-8-16(23)25-6-26-17(8)30)41-43(35,45)37-4-9-12(32)15(42-44)21(39-9)31-7-27-11-18(31)28-22(24)29-19(11)34/h2-3,6-7,9-10,12-15,20-21,32-33,46H,4-5H2,1H3,(H5-,23,24,25,26,28,29,34,35,45)/p+1. The van der Waals surface area contributed by atoms with Gasteiger partial charge in [-0.2, -0.15) is 18.6 Å². The van der Waals surface area contributed by atoms with Gasteiger partial charge in [0.05, 0.1) is 37.7 Å². The van der Waals surface area contributed by atoms with E-state index in [9.17, 15) is 19.9 Å². The van der Waals surface area contributed by atoms with Gasteiger partial charge in [-0.25, -0.2) is 15.0 Å². The van der Waals surface area contributed by atoms with Gasteiger partial charge >= 0.3 is 13.9 Å². The number of nitrogens with zero attached hydrogens (tertiary/aromatic N) is 6. The largest absolute Gasteiger partial charge is 0.478 e. The lowest BCUT2D eigenvalue weighted by atomic mass is 10.1. The van der Waals surface area contributed by atoms with Crippen LogP contribution in [0.5, 0.6) is 0 Å². The van der Waals surface area contributed by atoms with Crippen LogP contribution in [-0.4, -0.2) is 106 Å². The smallest absolute Gasteiger partial charge is 0.387 e. The Kier molecular flexibility index (Phi) is 8.34. The van der Waals surface area contributed by atoms with Crippen molar-refractivity contribution in [2.75, 3.05) is 31.8 Å². The van der Waals surface area contributed by atoms with E-state index < -0.39 is 75.1 Å². The Balaban J connectivity index is 1.22. The van der Waals surface area contributed by atoms with E-state index in [4.69, 9.17) is 55.4 Å². The average Bonchev–Trinajstić information content (AvgIpc) is 3.77. The van der Waals surface area contributed by atoms with Gasteiger partial charge in [-0.15, -0.1) is 0 Å². The van der Waals surface area contributed by atoms with Gasteiger partial charge in [-0.05, 0) is 17.9 Å². The molecule has 46 heavy (non-hydrogen) atoms. The molecule has 0 aliphatic carbocycles. The summed E-state index contributed by atoms with van der Waals surface area (Å²) in [6.07, 6.45) is -5.79.